The Labute approximate surface area is 111 Å². The van der Waals surface area contributed by atoms with Gasteiger partial charge in [-0.05, 0) is 19.8 Å². The Morgan fingerprint density at radius 1 is 1.63 bits per heavy atom. The average molecular weight is 287 g/mol. The maximum absolute atomic E-state index is 12.2. The minimum Gasteiger partial charge on any atom is -0.481 e. The molecule has 0 aromatic carbocycles. The third kappa shape index (κ3) is 2.50. The lowest BCUT2D eigenvalue weighted by atomic mass is 9.85. The van der Waals surface area contributed by atoms with Crippen molar-refractivity contribution < 1.29 is 18.3 Å². The fourth-order valence-electron chi connectivity index (χ4n) is 2.40. The lowest BCUT2D eigenvalue weighted by molar-refractivity contribution is -0.148. The molecule has 0 aliphatic heterocycles. The monoisotopic (exact) mass is 287 g/mol. The van der Waals surface area contributed by atoms with E-state index < -0.39 is 27.4 Å². The van der Waals surface area contributed by atoms with Gasteiger partial charge in [0.2, 0.25) is 10.0 Å². The van der Waals surface area contributed by atoms with Gasteiger partial charge in [0.05, 0.1) is 11.6 Å². The molecule has 106 valence electrons. The van der Waals surface area contributed by atoms with Gasteiger partial charge in [-0.3, -0.25) is 9.48 Å². The van der Waals surface area contributed by atoms with E-state index >= 15 is 0 Å². The molecule has 0 radical (unpaired) electrons. The van der Waals surface area contributed by atoms with Crippen molar-refractivity contribution in [3.63, 3.8) is 0 Å². The molecule has 1 aliphatic rings. The molecule has 0 amide bonds. The van der Waals surface area contributed by atoms with Crippen LogP contribution in [-0.2, 0) is 21.9 Å². The van der Waals surface area contributed by atoms with Crippen LogP contribution in [-0.4, -0.2) is 35.3 Å². The Kier molecular flexibility index (Phi) is 3.40. The zero-order chi connectivity index (χ0) is 14.3. The van der Waals surface area contributed by atoms with Gasteiger partial charge in [-0.15, -0.1) is 0 Å². The normalized spacial score (nSPS) is 27.6. The third-order valence-corrected chi connectivity index (χ3v) is 5.16. The summed E-state index contributed by atoms with van der Waals surface area (Å²) < 4.78 is 28.2. The minimum absolute atomic E-state index is 0.0506. The summed E-state index contributed by atoms with van der Waals surface area (Å²) in [6.45, 7) is 1.58. The van der Waals surface area contributed by atoms with E-state index in [9.17, 15) is 18.3 Å². The van der Waals surface area contributed by atoms with E-state index in [-0.39, 0.29) is 4.90 Å². The first kappa shape index (κ1) is 14.0. The van der Waals surface area contributed by atoms with E-state index in [1.165, 1.54) is 17.1 Å². The summed E-state index contributed by atoms with van der Waals surface area (Å²) in [5.41, 5.74) is -1.05. The Balaban J connectivity index is 2.23. The number of hydrogen-bond acceptors (Lipinski definition) is 4. The highest BCUT2D eigenvalue weighted by atomic mass is 32.2. The van der Waals surface area contributed by atoms with Gasteiger partial charge in [0.1, 0.15) is 4.90 Å². The first-order valence-corrected chi connectivity index (χ1v) is 7.48. The molecule has 1 aromatic rings. The molecule has 7 nitrogen and oxygen atoms in total. The van der Waals surface area contributed by atoms with Crippen LogP contribution in [0.2, 0.25) is 0 Å². The lowest BCUT2D eigenvalue weighted by Crippen LogP contribution is -2.46. The molecule has 1 aromatic heterocycles. The molecule has 1 heterocycles. The Hall–Kier alpha value is -1.41. The molecule has 0 saturated heterocycles. The summed E-state index contributed by atoms with van der Waals surface area (Å²) in [6, 6.07) is -0.588. The summed E-state index contributed by atoms with van der Waals surface area (Å²) in [5.74, 6) is -0.969. The highest BCUT2D eigenvalue weighted by Gasteiger charge is 2.46. The predicted octanol–water partition coefficient (Wildman–Crippen LogP) is 0.342. The van der Waals surface area contributed by atoms with Crippen LogP contribution >= 0.6 is 0 Å². The SMILES string of the molecule is Cn1cc(S(=O)(=O)NC2CCCC2(C)C(=O)O)cn1. The standard InChI is InChI=1S/C11H17N3O4S/c1-11(10(15)16)5-3-4-9(11)13-19(17,18)8-6-12-14(2)7-8/h6-7,9,13H,3-5H2,1-2H3,(H,15,16). The first-order valence-electron chi connectivity index (χ1n) is 6.00. The minimum atomic E-state index is -3.72. The number of rotatable bonds is 4. The van der Waals surface area contributed by atoms with Crippen LogP contribution in [0.15, 0.2) is 17.3 Å². The Bertz CT molecular complexity index is 595. The van der Waals surface area contributed by atoms with Crippen molar-refractivity contribution in [1.82, 2.24) is 14.5 Å². The van der Waals surface area contributed by atoms with Crippen molar-refractivity contribution in [3.8, 4) is 0 Å². The molecule has 2 N–H and O–H groups in total. The quantitative estimate of drug-likeness (QED) is 0.831. The van der Waals surface area contributed by atoms with Gasteiger partial charge in [0.15, 0.2) is 0 Å². The molecule has 1 saturated carbocycles. The number of nitrogens with zero attached hydrogens (tertiary/aromatic N) is 2. The van der Waals surface area contributed by atoms with Crippen LogP contribution in [0.4, 0.5) is 0 Å². The van der Waals surface area contributed by atoms with Gasteiger partial charge in [0.25, 0.3) is 0 Å². The molecule has 1 aliphatic carbocycles. The van der Waals surface area contributed by atoms with Gasteiger partial charge < -0.3 is 5.11 Å². The highest BCUT2D eigenvalue weighted by Crippen LogP contribution is 2.38. The molecule has 0 bridgehead atoms. The van der Waals surface area contributed by atoms with Gasteiger partial charge in [-0.1, -0.05) is 6.42 Å². The number of aliphatic carboxylic acids is 1. The average Bonchev–Trinajstić information content (AvgIpc) is 2.87. The number of hydrogen-bond donors (Lipinski definition) is 2. The van der Waals surface area contributed by atoms with Crippen LogP contribution in [0.25, 0.3) is 0 Å². The maximum atomic E-state index is 12.2. The van der Waals surface area contributed by atoms with E-state index in [2.05, 4.69) is 9.82 Å². The molecular formula is C11H17N3O4S. The van der Waals surface area contributed by atoms with Crippen molar-refractivity contribution >= 4 is 16.0 Å². The van der Waals surface area contributed by atoms with Crippen molar-refractivity contribution in [1.29, 1.82) is 0 Å². The zero-order valence-electron chi connectivity index (χ0n) is 10.8. The second-order valence-corrected chi connectivity index (χ2v) is 6.85. The van der Waals surface area contributed by atoms with Crippen LogP contribution in [0.3, 0.4) is 0 Å². The number of sulfonamides is 1. The maximum Gasteiger partial charge on any atom is 0.310 e. The fraction of sp³-hybridized carbons (Fsp3) is 0.636. The molecule has 1 fully saturated rings. The van der Waals surface area contributed by atoms with Crippen molar-refractivity contribution in [2.75, 3.05) is 0 Å². The van der Waals surface area contributed by atoms with Crippen molar-refractivity contribution in [2.45, 2.75) is 37.1 Å². The third-order valence-electron chi connectivity index (χ3n) is 3.74. The predicted molar refractivity (Wildman–Crippen MR) is 66.9 cm³/mol. The smallest absolute Gasteiger partial charge is 0.310 e. The molecule has 0 spiro atoms. The molecule has 8 heteroatoms. The number of carboxylic acids is 1. The van der Waals surface area contributed by atoms with E-state index in [0.717, 1.165) is 0 Å². The van der Waals surface area contributed by atoms with Crippen LogP contribution in [0.5, 0.6) is 0 Å². The van der Waals surface area contributed by atoms with Crippen molar-refractivity contribution in [3.05, 3.63) is 12.4 Å². The van der Waals surface area contributed by atoms with Crippen LogP contribution < -0.4 is 4.72 Å². The van der Waals surface area contributed by atoms with Crippen LogP contribution in [0.1, 0.15) is 26.2 Å². The van der Waals surface area contributed by atoms with Gasteiger partial charge in [-0.25, -0.2) is 13.1 Å². The summed E-state index contributed by atoms with van der Waals surface area (Å²) in [4.78, 5) is 11.4. The van der Waals surface area contributed by atoms with E-state index in [4.69, 9.17) is 0 Å². The van der Waals surface area contributed by atoms with E-state index in [1.807, 2.05) is 0 Å². The van der Waals surface area contributed by atoms with Gasteiger partial charge in [0, 0.05) is 19.3 Å². The molecule has 2 rings (SSSR count). The highest BCUT2D eigenvalue weighted by molar-refractivity contribution is 7.89. The topological polar surface area (TPSA) is 101 Å². The lowest BCUT2D eigenvalue weighted by Gasteiger charge is -2.27. The van der Waals surface area contributed by atoms with E-state index in [1.54, 1.807) is 14.0 Å². The number of nitrogens with one attached hydrogen (secondary N) is 1. The fourth-order valence-corrected chi connectivity index (χ4v) is 3.77. The molecule has 2 unspecified atom stereocenters. The van der Waals surface area contributed by atoms with Gasteiger partial charge in [-0.2, -0.15) is 5.10 Å². The molecular weight excluding hydrogens is 270 g/mol. The van der Waals surface area contributed by atoms with Crippen LogP contribution in [0, 0.1) is 5.41 Å². The molecule has 19 heavy (non-hydrogen) atoms. The first-order chi connectivity index (χ1) is 8.75. The van der Waals surface area contributed by atoms with E-state index in [0.29, 0.717) is 19.3 Å². The molecule has 2 atom stereocenters. The second kappa shape index (κ2) is 4.61. The summed E-state index contributed by atoms with van der Waals surface area (Å²) in [5, 5.41) is 13.1. The number of carboxylic acid groups (broad SMARTS) is 1. The largest absolute Gasteiger partial charge is 0.481 e. The summed E-state index contributed by atoms with van der Waals surface area (Å²) in [7, 11) is -2.10. The number of aromatic nitrogens is 2. The summed E-state index contributed by atoms with van der Waals surface area (Å²) in [6.07, 6.45) is 4.33. The number of carbonyl (C=O) groups is 1. The van der Waals surface area contributed by atoms with Gasteiger partial charge >= 0.3 is 5.97 Å². The second-order valence-electron chi connectivity index (χ2n) is 5.14. The van der Waals surface area contributed by atoms with Crippen molar-refractivity contribution in [2.24, 2.45) is 12.5 Å². The number of aryl methyl sites for hydroxylation is 1. The Morgan fingerprint density at radius 3 is 2.84 bits per heavy atom. The Morgan fingerprint density at radius 2 is 2.32 bits per heavy atom. The zero-order valence-corrected chi connectivity index (χ0v) is 11.6. The summed E-state index contributed by atoms with van der Waals surface area (Å²) >= 11 is 0.